The summed E-state index contributed by atoms with van der Waals surface area (Å²) in [6.45, 7) is 3.52. The molecule has 2 aliphatic rings. The predicted octanol–water partition coefficient (Wildman–Crippen LogP) is 2.33. The molecule has 0 atom stereocenters. The maximum Gasteiger partial charge on any atom is 0.251 e. The van der Waals surface area contributed by atoms with Gasteiger partial charge in [-0.15, -0.1) is 0 Å². The van der Waals surface area contributed by atoms with Crippen molar-refractivity contribution in [2.24, 2.45) is 5.92 Å². The van der Waals surface area contributed by atoms with Crippen LogP contribution in [0.15, 0.2) is 18.2 Å². The Labute approximate surface area is 125 Å². The third kappa shape index (κ3) is 3.21. The van der Waals surface area contributed by atoms with Crippen LogP contribution in [0.5, 0.6) is 0 Å². The lowest BCUT2D eigenvalue weighted by Crippen LogP contribution is -2.45. The fourth-order valence-electron chi connectivity index (χ4n) is 3.27. The topological polar surface area (TPSA) is 61.4 Å². The molecule has 0 unspecified atom stereocenters. The molecule has 4 nitrogen and oxygen atoms in total. The molecule has 1 aliphatic carbocycles. The van der Waals surface area contributed by atoms with Gasteiger partial charge in [0, 0.05) is 24.3 Å². The molecule has 3 rings (SSSR count). The van der Waals surface area contributed by atoms with Crippen molar-refractivity contribution in [3.05, 3.63) is 29.3 Å². The van der Waals surface area contributed by atoms with E-state index in [4.69, 9.17) is 0 Å². The van der Waals surface area contributed by atoms with Gasteiger partial charge in [-0.3, -0.25) is 4.79 Å². The van der Waals surface area contributed by atoms with Crippen LogP contribution in [0.2, 0.25) is 0 Å². The Kier molecular flexibility index (Phi) is 3.89. The quantitative estimate of drug-likeness (QED) is 0.800. The van der Waals surface area contributed by atoms with Crippen molar-refractivity contribution < 1.29 is 9.90 Å². The molecule has 1 amide bonds. The Hall–Kier alpha value is -1.55. The lowest BCUT2D eigenvalue weighted by molar-refractivity contribution is -0.00539. The number of anilines is 1. The summed E-state index contributed by atoms with van der Waals surface area (Å²) in [5.41, 5.74) is 2.30. The van der Waals surface area contributed by atoms with Gasteiger partial charge in [0.05, 0.1) is 5.60 Å². The predicted molar refractivity (Wildman–Crippen MR) is 83.6 cm³/mol. The summed E-state index contributed by atoms with van der Waals surface area (Å²) in [5, 5.41) is 16.7. The van der Waals surface area contributed by atoms with E-state index in [2.05, 4.69) is 17.6 Å². The number of benzene rings is 1. The molecule has 114 valence electrons. The highest BCUT2D eigenvalue weighted by Gasteiger charge is 2.32. The summed E-state index contributed by atoms with van der Waals surface area (Å²) in [5.74, 6) is 0.599. The van der Waals surface area contributed by atoms with Crippen LogP contribution < -0.4 is 10.6 Å². The number of hydrogen-bond donors (Lipinski definition) is 3. The van der Waals surface area contributed by atoms with Crippen LogP contribution in [0.4, 0.5) is 5.69 Å². The van der Waals surface area contributed by atoms with Crippen molar-refractivity contribution in [3.63, 3.8) is 0 Å². The zero-order valence-corrected chi connectivity index (χ0v) is 12.6. The Morgan fingerprint density at radius 1 is 1.43 bits per heavy atom. The van der Waals surface area contributed by atoms with Crippen LogP contribution in [0.3, 0.4) is 0 Å². The van der Waals surface area contributed by atoms with E-state index >= 15 is 0 Å². The van der Waals surface area contributed by atoms with Crippen LogP contribution in [0.1, 0.15) is 48.5 Å². The normalized spacial score (nSPS) is 27.8. The Bertz CT molecular complexity index is 534. The molecule has 1 aromatic carbocycles. The number of aliphatic hydroxyl groups is 1. The molecular formula is C17H24N2O2. The molecule has 0 radical (unpaired) electrons. The summed E-state index contributed by atoms with van der Waals surface area (Å²) < 4.78 is 0. The van der Waals surface area contributed by atoms with E-state index in [1.807, 2.05) is 18.2 Å². The van der Waals surface area contributed by atoms with Gasteiger partial charge in [-0.25, -0.2) is 0 Å². The lowest BCUT2D eigenvalue weighted by Gasteiger charge is -2.34. The van der Waals surface area contributed by atoms with Gasteiger partial charge in [0.2, 0.25) is 0 Å². The highest BCUT2D eigenvalue weighted by atomic mass is 16.3. The van der Waals surface area contributed by atoms with Gasteiger partial charge in [0.15, 0.2) is 0 Å². The number of rotatable bonds is 3. The molecule has 1 heterocycles. The van der Waals surface area contributed by atoms with E-state index in [1.54, 1.807) is 0 Å². The van der Waals surface area contributed by atoms with Crippen LogP contribution in [-0.2, 0) is 6.42 Å². The van der Waals surface area contributed by atoms with Gasteiger partial charge in [0.25, 0.3) is 5.91 Å². The van der Waals surface area contributed by atoms with Crippen LogP contribution in [0, 0.1) is 5.92 Å². The standard InChI is InChI=1S/C17H24N2O2/c1-12-4-7-17(21,8-5-12)11-19-16(20)14-2-3-15-13(10-14)6-9-18-15/h2-3,10,12,18,21H,4-9,11H2,1H3,(H,19,20). The minimum absolute atomic E-state index is 0.0863. The number of fused-ring (bicyclic) bond motifs is 1. The number of amides is 1. The van der Waals surface area contributed by atoms with Gasteiger partial charge in [-0.1, -0.05) is 6.92 Å². The second kappa shape index (κ2) is 5.68. The summed E-state index contributed by atoms with van der Waals surface area (Å²) in [6, 6.07) is 5.77. The first kappa shape index (κ1) is 14.4. The second-order valence-corrected chi connectivity index (χ2v) is 6.64. The van der Waals surface area contributed by atoms with E-state index in [0.717, 1.165) is 44.3 Å². The van der Waals surface area contributed by atoms with Gasteiger partial charge >= 0.3 is 0 Å². The van der Waals surface area contributed by atoms with Crippen molar-refractivity contribution in [1.82, 2.24) is 5.32 Å². The van der Waals surface area contributed by atoms with Crippen LogP contribution in [0.25, 0.3) is 0 Å². The Morgan fingerprint density at radius 2 is 2.19 bits per heavy atom. The van der Waals surface area contributed by atoms with Gasteiger partial charge in [-0.2, -0.15) is 0 Å². The molecule has 1 saturated carbocycles. The zero-order chi connectivity index (χ0) is 14.9. The molecule has 0 aromatic heterocycles. The summed E-state index contributed by atoms with van der Waals surface area (Å²) in [7, 11) is 0. The number of nitrogens with one attached hydrogen (secondary N) is 2. The first-order valence-corrected chi connectivity index (χ1v) is 7.93. The zero-order valence-electron chi connectivity index (χ0n) is 12.6. The molecule has 3 N–H and O–H groups in total. The molecule has 4 heteroatoms. The Morgan fingerprint density at radius 3 is 2.95 bits per heavy atom. The van der Waals surface area contributed by atoms with Crippen LogP contribution in [-0.4, -0.2) is 29.7 Å². The smallest absolute Gasteiger partial charge is 0.251 e. The molecule has 0 spiro atoms. The van der Waals surface area contributed by atoms with E-state index < -0.39 is 5.60 Å². The average Bonchev–Trinajstić information content (AvgIpc) is 2.96. The highest BCUT2D eigenvalue weighted by molar-refractivity contribution is 5.95. The van der Waals surface area contributed by atoms with Gasteiger partial charge in [0.1, 0.15) is 0 Å². The van der Waals surface area contributed by atoms with Crippen molar-refractivity contribution in [2.75, 3.05) is 18.4 Å². The fraction of sp³-hybridized carbons (Fsp3) is 0.588. The molecule has 1 aliphatic heterocycles. The molecule has 21 heavy (non-hydrogen) atoms. The third-order valence-electron chi connectivity index (χ3n) is 4.86. The van der Waals surface area contributed by atoms with Gasteiger partial charge < -0.3 is 15.7 Å². The molecule has 1 aromatic rings. The first-order chi connectivity index (χ1) is 10.1. The fourth-order valence-corrected chi connectivity index (χ4v) is 3.27. The van der Waals surface area contributed by atoms with Crippen molar-refractivity contribution >= 4 is 11.6 Å². The largest absolute Gasteiger partial charge is 0.388 e. The summed E-state index contributed by atoms with van der Waals surface area (Å²) in [4.78, 5) is 12.3. The monoisotopic (exact) mass is 288 g/mol. The van der Waals surface area contributed by atoms with E-state index in [-0.39, 0.29) is 5.91 Å². The molecule has 1 fully saturated rings. The van der Waals surface area contributed by atoms with Crippen LogP contribution >= 0.6 is 0 Å². The molecular weight excluding hydrogens is 264 g/mol. The van der Waals surface area contributed by atoms with E-state index in [9.17, 15) is 9.90 Å². The highest BCUT2D eigenvalue weighted by Crippen LogP contribution is 2.31. The Balaban J connectivity index is 1.59. The molecule has 0 saturated heterocycles. The number of carbonyl (C=O) groups is 1. The second-order valence-electron chi connectivity index (χ2n) is 6.64. The van der Waals surface area contributed by atoms with E-state index in [1.165, 1.54) is 5.56 Å². The van der Waals surface area contributed by atoms with Crippen molar-refractivity contribution in [2.45, 2.75) is 44.6 Å². The summed E-state index contributed by atoms with van der Waals surface area (Å²) in [6.07, 6.45) is 4.61. The van der Waals surface area contributed by atoms with Gasteiger partial charge in [-0.05, 0) is 61.8 Å². The number of carbonyl (C=O) groups excluding carboxylic acids is 1. The minimum Gasteiger partial charge on any atom is -0.388 e. The number of hydrogen-bond acceptors (Lipinski definition) is 3. The van der Waals surface area contributed by atoms with Crippen molar-refractivity contribution in [3.8, 4) is 0 Å². The lowest BCUT2D eigenvalue weighted by atomic mass is 9.79. The minimum atomic E-state index is -0.722. The SMILES string of the molecule is CC1CCC(O)(CNC(=O)c2ccc3c(c2)CCN3)CC1. The maximum absolute atomic E-state index is 12.3. The van der Waals surface area contributed by atoms with Crippen molar-refractivity contribution in [1.29, 1.82) is 0 Å². The first-order valence-electron chi connectivity index (χ1n) is 7.93. The molecule has 0 bridgehead atoms. The third-order valence-corrected chi connectivity index (χ3v) is 4.86. The van der Waals surface area contributed by atoms with E-state index in [0.29, 0.717) is 18.0 Å². The maximum atomic E-state index is 12.3. The average molecular weight is 288 g/mol. The summed E-state index contributed by atoms with van der Waals surface area (Å²) >= 11 is 0.